The van der Waals surface area contributed by atoms with Crippen LogP contribution >= 0.6 is 27.3 Å². The van der Waals surface area contributed by atoms with E-state index in [1.54, 1.807) is 12.1 Å². The van der Waals surface area contributed by atoms with Crippen molar-refractivity contribution in [2.75, 3.05) is 7.11 Å². The Balaban J connectivity index is 2.51. The summed E-state index contributed by atoms with van der Waals surface area (Å²) in [5, 5.41) is 0. The second kappa shape index (κ2) is 4.93. The van der Waals surface area contributed by atoms with Gasteiger partial charge in [0.05, 0.1) is 12.8 Å². The summed E-state index contributed by atoms with van der Waals surface area (Å²) in [5.41, 5.74) is 1.17. The molecule has 3 nitrogen and oxygen atoms in total. The minimum atomic E-state index is -0.451. The normalized spacial score (nSPS) is 10.3. The van der Waals surface area contributed by atoms with Crippen molar-refractivity contribution in [1.82, 2.24) is 4.98 Å². The van der Waals surface area contributed by atoms with Crippen LogP contribution in [0.25, 0.3) is 11.3 Å². The third-order valence-electron chi connectivity index (χ3n) is 2.09. The highest BCUT2D eigenvalue weighted by atomic mass is 79.9. The number of hydrogen-bond acceptors (Lipinski definition) is 4. The number of thiazole rings is 1. The molecule has 6 heteroatoms. The predicted molar refractivity (Wildman–Crippen MR) is 66.5 cm³/mol. The van der Waals surface area contributed by atoms with E-state index in [-0.39, 0.29) is 5.82 Å². The molecule has 1 aromatic heterocycles. The molecule has 0 atom stereocenters. The molecule has 1 aromatic carbocycles. The van der Waals surface area contributed by atoms with Crippen LogP contribution in [-0.4, -0.2) is 18.1 Å². The van der Waals surface area contributed by atoms with Crippen LogP contribution in [0.4, 0.5) is 4.39 Å². The highest BCUT2D eigenvalue weighted by molar-refractivity contribution is 9.11. The van der Waals surface area contributed by atoms with Gasteiger partial charge in [0.25, 0.3) is 0 Å². The number of nitrogens with zero attached hydrogens (tertiary/aromatic N) is 1. The Hall–Kier alpha value is -1.27. The summed E-state index contributed by atoms with van der Waals surface area (Å²) >= 11 is 4.40. The standard InChI is InChI=1S/C11H7BrFNO2S/c1-16-10(15)9-8(14-11(12)17-9)6-2-4-7(13)5-3-6/h2-5H,1H3. The van der Waals surface area contributed by atoms with Gasteiger partial charge in [-0.25, -0.2) is 14.2 Å². The first-order chi connectivity index (χ1) is 8.11. The van der Waals surface area contributed by atoms with E-state index in [2.05, 4.69) is 25.7 Å². The van der Waals surface area contributed by atoms with Crippen molar-refractivity contribution < 1.29 is 13.9 Å². The van der Waals surface area contributed by atoms with Gasteiger partial charge in [0.2, 0.25) is 0 Å². The Morgan fingerprint density at radius 1 is 1.41 bits per heavy atom. The molecule has 0 saturated heterocycles. The van der Waals surface area contributed by atoms with Gasteiger partial charge < -0.3 is 4.74 Å². The second-order valence-corrected chi connectivity index (χ2v) is 5.42. The van der Waals surface area contributed by atoms with Crippen molar-refractivity contribution in [3.8, 4) is 11.3 Å². The average molecular weight is 316 g/mol. The van der Waals surface area contributed by atoms with Crippen molar-refractivity contribution >= 4 is 33.2 Å². The summed E-state index contributed by atoms with van der Waals surface area (Å²) < 4.78 is 18.1. The van der Waals surface area contributed by atoms with E-state index in [1.807, 2.05) is 0 Å². The number of rotatable bonds is 2. The molecule has 0 N–H and O–H groups in total. The van der Waals surface area contributed by atoms with Crippen LogP contribution in [0.15, 0.2) is 28.2 Å². The minimum absolute atomic E-state index is 0.331. The van der Waals surface area contributed by atoms with Crippen LogP contribution in [0.5, 0.6) is 0 Å². The highest BCUT2D eigenvalue weighted by Gasteiger charge is 2.19. The molecule has 0 spiro atoms. The number of ether oxygens (including phenoxy) is 1. The smallest absolute Gasteiger partial charge is 0.350 e. The van der Waals surface area contributed by atoms with Crippen LogP contribution in [0.2, 0.25) is 0 Å². The molecule has 0 aliphatic carbocycles. The number of carbonyl (C=O) groups is 1. The lowest BCUT2D eigenvalue weighted by atomic mass is 10.1. The van der Waals surface area contributed by atoms with Crippen LogP contribution < -0.4 is 0 Å². The molecular formula is C11H7BrFNO2S. The van der Waals surface area contributed by atoms with Gasteiger partial charge in [0.15, 0.2) is 3.92 Å². The fourth-order valence-corrected chi connectivity index (χ4v) is 2.72. The van der Waals surface area contributed by atoms with Crippen molar-refractivity contribution in [3.05, 3.63) is 38.9 Å². The van der Waals surface area contributed by atoms with Gasteiger partial charge in [-0.3, -0.25) is 0 Å². The Morgan fingerprint density at radius 2 is 2.06 bits per heavy atom. The third kappa shape index (κ3) is 2.53. The number of aromatic nitrogens is 1. The lowest BCUT2D eigenvalue weighted by molar-refractivity contribution is 0.0607. The molecule has 0 radical (unpaired) electrons. The zero-order chi connectivity index (χ0) is 12.4. The maximum absolute atomic E-state index is 12.8. The van der Waals surface area contributed by atoms with Crippen molar-refractivity contribution in [2.24, 2.45) is 0 Å². The van der Waals surface area contributed by atoms with E-state index in [9.17, 15) is 9.18 Å². The van der Waals surface area contributed by atoms with Gasteiger partial charge in [0.1, 0.15) is 10.7 Å². The van der Waals surface area contributed by atoms with Crippen molar-refractivity contribution in [1.29, 1.82) is 0 Å². The zero-order valence-electron chi connectivity index (χ0n) is 8.74. The van der Waals surface area contributed by atoms with E-state index >= 15 is 0 Å². The zero-order valence-corrected chi connectivity index (χ0v) is 11.1. The predicted octanol–water partition coefficient (Wildman–Crippen LogP) is 3.50. The second-order valence-electron chi connectivity index (χ2n) is 3.14. The maximum atomic E-state index is 12.8. The largest absolute Gasteiger partial charge is 0.465 e. The topological polar surface area (TPSA) is 39.2 Å². The molecule has 0 fully saturated rings. The summed E-state index contributed by atoms with van der Waals surface area (Å²) in [6.07, 6.45) is 0. The Morgan fingerprint density at radius 3 is 2.65 bits per heavy atom. The molecule has 0 aliphatic heterocycles. The van der Waals surface area contributed by atoms with Gasteiger partial charge in [-0.15, -0.1) is 0 Å². The lowest BCUT2D eigenvalue weighted by Gasteiger charge is -2.00. The number of esters is 1. The van der Waals surface area contributed by atoms with E-state index in [0.717, 1.165) is 0 Å². The summed E-state index contributed by atoms with van der Waals surface area (Å²) in [6, 6.07) is 5.79. The molecule has 17 heavy (non-hydrogen) atoms. The van der Waals surface area contributed by atoms with E-state index in [0.29, 0.717) is 20.1 Å². The monoisotopic (exact) mass is 315 g/mol. The lowest BCUT2D eigenvalue weighted by Crippen LogP contribution is -2.00. The van der Waals surface area contributed by atoms with Gasteiger partial charge in [-0.2, -0.15) is 0 Å². The molecule has 1 heterocycles. The maximum Gasteiger partial charge on any atom is 0.350 e. The number of benzene rings is 1. The summed E-state index contributed by atoms with van der Waals surface area (Å²) in [5.74, 6) is -0.782. The SMILES string of the molecule is COC(=O)c1sc(Br)nc1-c1ccc(F)cc1. The fraction of sp³-hybridized carbons (Fsp3) is 0.0909. The van der Waals surface area contributed by atoms with Crippen molar-refractivity contribution in [2.45, 2.75) is 0 Å². The molecule has 0 unspecified atom stereocenters. The number of methoxy groups -OCH3 is 1. The summed E-state index contributed by atoms with van der Waals surface area (Å²) in [7, 11) is 1.31. The van der Waals surface area contributed by atoms with Gasteiger partial charge >= 0.3 is 5.97 Å². The van der Waals surface area contributed by atoms with Crippen LogP contribution in [0, 0.1) is 5.82 Å². The molecule has 2 rings (SSSR count). The van der Waals surface area contributed by atoms with E-state index in [1.165, 1.54) is 30.6 Å². The molecule has 0 amide bonds. The van der Waals surface area contributed by atoms with Crippen molar-refractivity contribution in [3.63, 3.8) is 0 Å². The van der Waals surface area contributed by atoms with Crippen LogP contribution in [-0.2, 0) is 4.74 Å². The first-order valence-electron chi connectivity index (χ1n) is 4.62. The molecule has 0 bridgehead atoms. The molecule has 0 aliphatic rings. The van der Waals surface area contributed by atoms with Crippen LogP contribution in [0.1, 0.15) is 9.67 Å². The molecule has 2 aromatic rings. The van der Waals surface area contributed by atoms with Gasteiger partial charge in [0, 0.05) is 5.56 Å². The Bertz CT molecular complexity index is 553. The van der Waals surface area contributed by atoms with Gasteiger partial charge in [-0.1, -0.05) is 11.3 Å². The average Bonchev–Trinajstić information content (AvgIpc) is 2.71. The highest BCUT2D eigenvalue weighted by Crippen LogP contribution is 2.31. The minimum Gasteiger partial charge on any atom is -0.465 e. The summed E-state index contributed by atoms with van der Waals surface area (Å²) in [6.45, 7) is 0. The first-order valence-corrected chi connectivity index (χ1v) is 6.23. The molecule has 0 saturated carbocycles. The number of carbonyl (C=O) groups excluding carboxylic acids is 1. The number of halogens is 2. The summed E-state index contributed by atoms with van der Waals surface area (Å²) in [4.78, 5) is 16.1. The fourth-order valence-electron chi connectivity index (χ4n) is 1.33. The molecular weight excluding hydrogens is 309 g/mol. The van der Waals surface area contributed by atoms with Crippen LogP contribution in [0.3, 0.4) is 0 Å². The Kier molecular flexibility index (Phi) is 3.54. The first kappa shape index (κ1) is 12.2. The van der Waals surface area contributed by atoms with E-state index < -0.39 is 5.97 Å². The van der Waals surface area contributed by atoms with Gasteiger partial charge in [-0.05, 0) is 40.2 Å². The molecule has 88 valence electrons. The number of hydrogen-bond donors (Lipinski definition) is 0. The third-order valence-corrected chi connectivity index (χ3v) is 3.58. The Labute approximate surface area is 109 Å². The van der Waals surface area contributed by atoms with E-state index in [4.69, 9.17) is 0 Å². The quantitative estimate of drug-likeness (QED) is 0.796.